The molecule has 0 bridgehead atoms. The van der Waals surface area contributed by atoms with Gasteiger partial charge in [0.25, 0.3) is 0 Å². The lowest BCUT2D eigenvalue weighted by Gasteiger charge is -2.03. The Kier molecular flexibility index (Phi) is 3.86. The Morgan fingerprint density at radius 1 is 1.31 bits per heavy atom. The minimum absolute atomic E-state index is 0.175. The second-order valence-electron chi connectivity index (χ2n) is 3.65. The highest BCUT2D eigenvalue weighted by molar-refractivity contribution is 7.95. The lowest BCUT2D eigenvalue weighted by molar-refractivity contribution is 0.596. The Hall–Kier alpha value is -1.60. The van der Waals surface area contributed by atoms with Gasteiger partial charge in [-0.1, -0.05) is 30.3 Å². The van der Waals surface area contributed by atoms with Crippen molar-refractivity contribution >= 4 is 15.4 Å². The highest BCUT2D eigenvalue weighted by atomic mass is 32.2. The van der Waals surface area contributed by atoms with Crippen LogP contribution < -0.4 is 0 Å². The van der Waals surface area contributed by atoms with E-state index in [1.807, 2.05) is 12.1 Å². The molecule has 0 N–H and O–H groups in total. The molecule has 0 aliphatic rings. The summed E-state index contributed by atoms with van der Waals surface area (Å²) >= 11 is 0. The van der Waals surface area contributed by atoms with E-state index in [4.69, 9.17) is 5.26 Å². The normalized spacial score (nSPS) is 12.5. The van der Waals surface area contributed by atoms with Gasteiger partial charge in [0, 0.05) is 5.41 Å². The zero-order valence-corrected chi connectivity index (χ0v) is 10.0. The maximum Gasteiger partial charge on any atom is 0.175 e. The predicted octanol–water partition coefficient (Wildman–Crippen LogP) is 2.37. The Morgan fingerprint density at radius 2 is 1.88 bits per heavy atom. The summed E-state index contributed by atoms with van der Waals surface area (Å²) < 4.78 is 23.3. The van der Waals surface area contributed by atoms with Crippen molar-refractivity contribution in [3.8, 4) is 6.07 Å². The Morgan fingerprint density at radius 3 is 2.31 bits per heavy atom. The van der Waals surface area contributed by atoms with Crippen LogP contribution in [0.1, 0.15) is 19.4 Å². The minimum Gasteiger partial charge on any atom is -0.224 e. The second kappa shape index (κ2) is 4.95. The molecule has 16 heavy (non-hydrogen) atoms. The maximum absolute atomic E-state index is 11.6. The van der Waals surface area contributed by atoms with Crippen molar-refractivity contribution in [2.45, 2.75) is 19.1 Å². The molecule has 0 aromatic heterocycles. The molecule has 0 atom stereocenters. The summed E-state index contributed by atoms with van der Waals surface area (Å²) in [4.78, 5) is 0. The molecule has 0 amide bonds. The first-order valence-electron chi connectivity index (χ1n) is 4.88. The van der Waals surface area contributed by atoms with Crippen molar-refractivity contribution in [1.82, 2.24) is 0 Å². The van der Waals surface area contributed by atoms with E-state index in [1.54, 1.807) is 38.1 Å². The Balaban J connectivity index is 3.22. The molecule has 0 radical (unpaired) electrons. The molecule has 0 saturated heterocycles. The molecule has 1 aromatic rings. The van der Waals surface area contributed by atoms with Gasteiger partial charge in [0.05, 0.1) is 10.8 Å². The summed E-state index contributed by atoms with van der Waals surface area (Å²) in [5.41, 5.74) is 0.795. The zero-order valence-electron chi connectivity index (χ0n) is 9.21. The van der Waals surface area contributed by atoms with Crippen LogP contribution in [0, 0.1) is 11.3 Å². The summed E-state index contributed by atoms with van der Waals surface area (Å²) in [5.74, 6) is 0. The summed E-state index contributed by atoms with van der Waals surface area (Å²) in [5, 5.41) is 9.48. The number of allylic oxidation sites excluding steroid dienone is 1. The third-order valence-electron chi connectivity index (χ3n) is 2.14. The topological polar surface area (TPSA) is 57.9 Å². The molecule has 0 saturated carbocycles. The first kappa shape index (κ1) is 12.5. The van der Waals surface area contributed by atoms with Gasteiger partial charge in [-0.3, -0.25) is 0 Å². The van der Waals surface area contributed by atoms with Crippen LogP contribution in [0.5, 0.6) is 0 Å². The average Bonchev–Trinajstić information content (AvgIpc) is 2.27. The van der Waals surface area contributed by atoms with Gasteiger partial charge in [0.1, 0.15) is 6.07 Å². The van der Waals surface area contributed by atoms with Gasteiger partial charge in [-0.25, -0.2) is 8.42 Å². The fourth-order valence-electron chi connectivity index (χ4n) is 1.08. The van der Waals surface area contributed by atoms with Crippen molar-refractivity contribution in [2.24, 2.45) is 0 Å². The number of nitriles is 1. The van der Waals surface area contributed by atoms with Crippen LogP contribution in [0.2, 0.25) is 0 Å². The van der Waals surface area contributed by atoms with Gasteiger partial charge in [-0.2, -0.15) is 5.26 Å². The Labute approximate surface area is 95.9 Å². The van der Waals surface area contributed by atoms with Crippen LogP contribution in [-0.2, 0) is 9.84 Å². The quantitative estimate of drug-likeness (QED) is 0.756. The van der Waals surface area contributed by atoms with Crippen molar-refractivity contribution in [3.05, 3.63) is 41.3 Å². The average molecular weight is 235 g/mol. The van der Waals surface area contributed by atoms with Crippen molar-refractivity contribution in [1.29, 1.82) is 5.26 Å². The van der Waals surface area contributed by atoms with Gasteiger partial charge in [-0.15, -0.1) is 0 Å². The van der Waals surface area contributed by atoms with Crippen LogP contribution in [0.3, 0.4) is 0 Å². The first-order chi connectivity index (χ1) is 7.47. The molecule has 4 heteroatoms. The fourth-order valence-corrected chi connectivity index (χ4v) is 1.87. The molecule has 84 valence electrons. The predicted molar refractivity (Wildman–Crippen MR) is 64.1 cm³/mol. The number of rotatable bonds is 3. The molecule has 0 fully saturated rings. The zero-order chi connectivity index (χ0) is 12.2. The molecule has 0 spiro atoms. The standard InChI is InChI=1S/C12H13NO2S/c1-10(2)16(14,15)9-12(8-13)11-6-4-3-5-7-11/h3-7,9-10H,1-2H3/b12-9-. The van der Waals surface area contributed by atoms with Crippen molar-refractivity contribution in [2.75, 3.05) is 0 Å². The van der Waals surface area contributed by atoms with E-state index in [0.717, 1.165) is 5.41 Å². The molecule has 0 heterocycles. The van der Waals surface area contributed by atoms with Crippen LogP contribution in [0.15, 0.2) is 35.7 Å². The number of nitrogens with zero attached hydrogens (tertiary/aromatic N) is 1. The van der Waals surface area contributed by atoms with Crippen LogP contribution in [0.25, 0.3) is 5.57 Å². The lowest BCUT2D eigenvalue weighted by Crippen LogP contribution is -2.10. The van der Waals surface area contributed by atoms with Gasteiger partial charge in [0.15, 0.2) is 9.84 Å². The van der Waals surface area contributed by atoms with E-state index in [9.17, 15) is 8.42 Å². The largest absolute Gasteiger partial charge is 0.224 e. The SMILES string of the molecule is CC(C)S(=O)(=O)/C=C(/C#N)c1ccccc1. The molecule has 0 aliphatic carbocycles. The van der Waals surface area contributed by atoms with Gasteiger partial charge < -0.3 is 0 Å². The van der Waals surface area contributed by atoms with E-state index >= 15 is 0 Å². The van der Waals surface area contributed by atoms with E-state index in [1.165, 1.54) is 0 Å². The summed E-state index contributed by atoms with van der Waals surface area (Å²) in [6, 6.07) is 10.7. The van der Waals surface area contributed by atoms with E-state index in [2.05, 4.69) is 0 Å². The highest BCUT2D eigenvalue weighted by Crippen LogP contribution is 2.16. The van der Waals surface area contributed by atoms with E-state index in [-0.39, 0.29) is 5.57 Å². The summed E-state index contributed by atoms with van der Waals surface area (Å²) in [6.45, 7) is 3.18. The van der Waals surface area contributed by atoms with Crippen LogP contribution in [0.4, 0.5) is 0 Å². The van der Waals surface area contributed by atoms with Gasteiger partial charge in [0.2, 0.25) is 0 Å². The third-order valence-corrected chi connectivity index (χ3v) is 4.02. The van der Waals surface area contributed by atoms with E-state index < -0.39 is 15.1 Å². The van der Waals surface area contributed by atoms with Crippen molar-refractivity contribution in [3.63, 3.8) is 0 Å². The number of benzene rings is 1. The smallest absolute Gasteiger partial charge is 0.175 e. The van der Waals surface area contributed by atoms with Crippen LogP contribution in [-0.4, -0.2) is 13.7 Å². The number of hydrogen-bond acceptors (Lipinski definition) is 3. The molecular weight excluding hydrogens is 222 g/mol. The molecule has 1 aromatic carbocycles. The number of sulfone groups is 1. The molecule has 0 unspecified atom stereocenters. The van der Waals surface area contributed by atoms with E-state index in [0.29, 0.717) is 5.56 Å². The molecule has 0 aliphatic heterocycles. The fraction of sp³-hybridized carbons (Fsp3) is 0.250. The maximum atomic E-state index is 11.6. The third kappa shape index (κ3) is 2.94. The number of hydrogen-bond donors (Lipinski definition) is 0. The Bertz CT molecular complexity index is 522. The monoisotopic (exact) mass is 235 g/mol. The van der Waals surface area contributed by atoms with Crippen molar-refractivity contribution < 1.29 is 8.42 Å². The van der Waals surface area contributed by atoms with Crippen LogP contribution >= 0.6 is 0 Å². The lowest BCUT2D eigenvalue weighted by atomic mass is 10.1. The summed E-state index contributed by atoms with van der Waals surface area (Å²) in [6.07, 6.45) is 0. The van der Waals surface area contributed by atoms with Gasteiger partial charge >= 0.3 is 0 Å². The molecule has 1 rings (SSSR count). The summed E-state index contributed by atoms with van der Waals surface area (Å²) in [7, 11) is -3.34. The highest BCUT2D eigenvalue weighted by Gasteiger charge is 2.14. The minimum atomic E-state index is -3.34. The second-order valence-corrected chi connectivity index (χ2v) is 6.00. The molecule has 3 nitrogen and oxygen atoms in total. The van der Waals surface area contributed by atoms with Gasteiger partial charge in [-0.05, 0) is 19.4 Å². The first-order valence-corrected chi connectivity index (χ1v) is 6.49. The molecular formula is C12H13NO2S.